The molecule has 0 amide bonds. The molecule has 0 atom stereocenters. The molecule has 0 aromatic carbocycles. The number of oxime groups is 1. The summed E-state index contributed by atoms with van der Waals surface area (Å²) in [6, 6.07) is 0. The molecular formula is C12H23N3O3S. The Morgan fingerprint density at radius 3 is 2.32 bits per heavy atom. The Balaban J connectivity index is 2.16. The number of nitrogens with zero attached hydrogens (tertiary/aromatic N) is 1. The highest BCUT2D eigenvalue weighted by atomic mass is 32.2. The summed E-state index contributed by atoms with van der Waals surface area (Å²) in [5.41, 5.74) is 4.89. The maximum Gasteiger partial charge on any atom is 0.212 e. The average Bonchev–Trinajstić information content (AvgIpc) is 3.15. The maximum atomic E-state index is 12.2. The zero-order chi connectivity index (χ0) is 13.9. The topological polar surface area (TPSA) is 105 Å². The van der Waals surface area contributed by atoms with Gasteiger partial charge in [-0.2, -0.15) is 0 Å². The van der Waals surface area contributed by atoms with E-state index in [1.165, 1.54) is 0 Å². The summed E-state index contributed by atoms with van der Waals surface area (Å²) < 4.78 is 27.1. The predicted octanol–water partition coefficient (Wildman–Crippen LogP) is 1.16. The van der Waals surface area contributed by atoms with Crippen LogP contribution in [0.2, 0.25) is 0 Å². The van der Waals surface area contributed by atoms with Gasteiger partial charge in [0.05, 0.1) is 11.3 Å². The number of hydrogen-bond donors (Lipinski definition) is 3. The molecule has 2 rings (SSSR count). The zero-order valence-electron chi connectivity index (χ0n) is 11.1. The van der Waals surface area contributed by atoms with Crippen LogP contribution in [0, 0.1) is 5.92 Å². The number of amidine groups is 1. The third-order valence-corrected chi connectivity index (χ3v) is 5.67. The quantitative estimate of drug-likeness (QED) is 0.232. The Bertz CT molecular complexity index is 435. The van der Waals surface area contributed by atoms with Crippen molar-refractivity contribution >= 4 is 15.9 Å². The first-order valence-corrected chi connectivity index (χ1v) is 8.62. The molecule has 2 aliphatic rings. The van der Waals surface area contributed by atoms with Crippen LogP contribution in [0.4, 0.5) is 0 Å². The van der Waals surface area contributed by atoms with E-state index >= 15 is 0 Å². The molecule has 2 aliphatic carbocycles. The fourth-order valence-electron chi connectivity index (χ4n) is 2.77. The molecule has 0 heterocycles. The van der Waals surface area contributed by atoms with Gasteiger partial charge in [-0.3, -0.25) is 0 Å². The highest BCUT2D eigenvalue weighted by Crippen LogP contribution is 2.32. The molecule has 19 heavy (non-hydrogen) atoms. The number of sulfonamides is 1. The second kappa shape index (κ2) is 5.66. The SMILES string of the molecule is NC(=NO)C1(NS(=O)(=O)CC2CC2)CCCCCC1. The summed E-state index contributed by atoms with van der Waals surface area (Å²) in [6.45, 7) is 0. The van der Waals surface area contributed by atoms with E-state index in [0.717, 1.165) is 38.5 Å². The van der Waals surface area contributed by atoms with Crippen molar-refractivity contribution in [1.29, 1.82) is 0 Å². The third kappa shape index (κ3) is 3.82. The molecule has 4 N–H and O–H groups in total. The molecular weight excluding hydrogens is 266 g/mol. The van der Waals surface area contributed by atoms with Crippen molar-refractivity contribution in [3.05, 3.63) is 0 Å². The summed E-state index contributed by atoms with van der Waals surface area (Å²) in [4.78, 5) is 0. The molecule has 0 bridgehead atoms. The Morgan fingerprint density at radius 2 is 1.84 bits per heavy atom. The molecule has 7 heteroatoms. The minimum absolute atomic E-state index is 0.00577. The van der Waals surface area contributed by atoms with Crippen LogP contribution in [0.25, 0.3) is 0 Å². The fourth-order valence-corrected chi connectivity index (χ4v) is 4.71. The van der Waals surface area contributed by atoms with Crippen LogP contribution in [0.1, 0.15) is 51.4 Å². The minimum atomic E-state index is -3.37. The van der Waals surface area contributed by atoms with Crippen molar-refractivity contribution in [3.63, 3.8) is 0 Å². The van der Waals surface area contributed by atoms with Gasteiger partial charge in [-0.05, 0) is 31.6 Å². The molecule has 0 aromatic heterocycles. The molecule has 6 nitrogen and oxygen atoms in total. The molecule has 110 valence electrons. The first kappa shape index (κ1) is 14.6. The monoisotopic (exact) mass is 289 g/mol. The number of rotatable bonds is 5. The zero-order valence-corrected chi connectivity index (χ0v) is 12.0. The Labute approximate surface area is 114 Å². The van der Waals surface area contributed by atoms with Gasteiger partial charge in [-0.1, -0.05) is 30.8 Å². The van der Waals surface area contributed by atoms with Crippen LogP contribution >= 0.6 is 0 Å². The predicted molar refractivity (Wildman–Crippen MR) is 73.5 cm³/mol. The van der Waals surface area contributed by atoms with Crippen LogP contribution in [0.15, 0.2) is 5.16 Å². The Kier molecular flexibility index (Phi) is 4.35. The highest BCUT2D eigenvalue weighted by Gasteiger charge is 2.40. The molecule has 0 radical (unpaired) electrons. The number of hydrogen-bond acceptors (Lipinski definition) is 4. The summed E-state index contributed by atoms with van der Waals surface area (Å²) in [5.74, 6) is 0.439. The van der Waals surface area contributed by atoms with Gasteiger partial charge in [-0.25, -0.2) is 13.1 Å². The standard InChI is InChI=1S/C12H23N3O3S/c13-11(14-16)12(7-3-1-2-4-8-12)15-19(17,18)9-10-5-6-10/h10,15-16H,1-9H2,(H2,13,14). The van der Waals surface area contributed by atoms with E-state index < -0.39 is 15.6 Å². The Hall–Kier alpha value is -0.820. The van der Waals surface area contributed by atoms with Gasteiger partial charge >= 0.3 is 0 Å². The van der Waals surface area contributed by atoms with Crippen molar-refractivity contribution in [1.82, 2.24) is 4.72 Å². The average molecular weight is 289 g/mol. The van der Waals surface area contributed by atoms with Crippen molar-refractivity contribution in [2.24, 2.45) is 16.8 Å². The second-order valence-corrected chi connectivity index (χ2v) is 7.58. The summed E-state index contributed by atoms with van der Waals surface area (Å²) >= 11 is 0. The van der Waals surface area contributed by atoms with Gasteiger partial charge in [0.25, 0.3) is 0 Å². The van der Waals surface area contributed by atoms with E-state index in [1.807, 2.05) is 0 Å². The lowest BCUT2D eigenvalue weighted by atomic mass is 9.90. The van der Waals surface area contributed by atoms with Crippen LogP contribution in [0.3, 0.4) is 0 Å². The van der Waals surface area contributed by atoms with Gasteiger partial charge in [0.15, 0.2) is 5.84 Å². The van der Waals surface area contributed by atoms with Gasteiger partial charge < -0.3 is 10.9 Å². The molecule has 0 unspecified atom stereocenters. The van der Waals surface area contributed by atoms with Crippen molar-refractivity contribution in [2.75, 3.05) is 5.75 Å². The van der Waals surface area contributed by atoms with E-state index in [9.17, 15) is 8.42 Å². The van der Waals surface area contributed by atoms with Gasteiger partial charge in [0.2, 0.25) is 10.0 Å². The van der Waals surface area contributed by atoms with Crippen LogP contribution < -0.4 is 10.5 Å². The lowest BCUT2D eigenvalue weighted by molar-refractivity contribution is 0.306. The molecule has 0 aliphatic heterocycles. The van der Waals surface area contributed by atoms with Gasteiger partial charge in [0.1, 0.15) is 0 Å². The van der Waals surface area contributed by atoms with E-state index in [1.54, 1.807) is 0 Å². The lowest BCUT2D eigenvalue weighted by Crippen LogP contribution is -2.57. The van der Waals surface area contributed by atoms with Crippen molar-refractivity contribution < 1.29 is 13.6 Å². The molecule has 0 saturated heterocycles. The van der Waals surface area contributed by atoms with E-state index in [2.05, 4.69) is 9.88 Å². The van der Waals surface area contributed by atoms with Gasteiger partial charge in [0, 0.05) is 0 Å². The second-order valence-electron chi connectivity index (χ2n) is 5.81. The van der Waals surface area contributed by atoms with Crippen LogP contribution in [-0.4, -0.2) is 30.8 Å². The van der Waals surface area contributed by atoms with E-state index in [4.69, 9.17) is 10.9 Å². The van der Waals surface area contributed by atoms with Gasteiger partial charge in [-0.15, -0.1) is 0 Å². The molecule has 0 spiro atoms. The first-order chi connectivity index (χ1) is 8.97. The van der Waals surface area contributed by atoms with E-state index in [-0.39, 0.29) is 17.5 Å². The summed E-state index contributed by atoms with van der Waals surface area (Å²) in [5, 5.41) is 12.0. The number of nitrogens with one attached hydrogen (secondary N) is 1. The normalized spacial score (nSPS) is 24.9. The molecule has 0 aromatic rings. The fraction of sp³-hybridized carbons (Fsp3) is 0.917. The third-order valence-electron chi connectivity index (χ3n) is 4.06. The lowest BCUT2D eigenvalue weighted by Gasteiger charge is -2.32. The minimum Gasteiger partial charge on any atom is -0.409 e. The Morgan fingerprint density at radius 1 is 1.26 bits per heavy atom. The summed E-state index contributed by atoms with van der Waals surface area (Å²) in [7, 11) is -3.37. The highest BCUT2D eigenvalue weighted by molar-refractivity contribution is 7.89. The molecule has 2 fully saturated rings. The van der Waals surface area contributed by atoms with Crippen LogP contribution in [-0.2, 0) is 10.0 Å². The maximum absolute atomic E-state index is 12.2. The van der Waals surface area contributed by atoms with Crippen LogP contribution in [0.5, 0.6) is 0 Å². The van der Waals surface area contributed by atoms with E-state index in [0.29, 0.717) is 12.8 Å². The number of nitrogens with two attached hydrogens (primary N) is 1. The molecule has 2 saturated carbocycles. The summed E-state index contributed by atoms with van der Waals surface area (Å²) in [6.07, 6.45) is 7.08. The largest absolute Gasteiger partial charge is 0.409 e. The van der Waals surface area contributed by atoms with Crippen molar-refractivity contribution in [2.45, 2.75) is 56.9 Å². The van der Waals surface area contributed by atoms with Crippen molar-refractivity contribution in [3.8, 4) is 0 Å². The smallest absolute Gasteiger partial charge is 0.212 e. The first-order valence-electron chi connectivity index (χ1n) is 6.97.